The highest BCUT2D eigenvalue weighted by atomic mass is 32.2. The summed E-state index contributed by atoms with van der Waals surface area (Å²) >= 11 is 1.72. The quantitative estimate of drug-likeness (QED) is 0.0202. The lowest BCUT2D eigenvalue weighted by Gasteiger charge is -2.34. The van der Waals surface area contributed by atoms with Crippen LogP contribution in [0.15, 0.2) is 76.0 Å². The molecule has 3 aromatic carbocycles. The van der Waals surface area contributed by atoms with Crippen molar-refractivity contribution in [2.45, 2.75) is 274 Å². The molecule has 1 aliphatic rings. The van der Waals surface area contributed by atoms with E-state index < -0.39 is 29.8 Å². The average molecular weight is 1220 g/mol. The fraction of sp³-hybridized carbons (Fsp3) is 0.639. The van der Waals surface area contributed by atoms with E-state index in [1.807, 2.05) is 12.1 Å². The first-order chi connectivity index (χ1) is 42.4. The molecule has 0 aliphatic carbocycles. The molecule has 5 N–H and O–H groups in total. The number of nitrogens with one attached hydrogen (secondary N) is 1. The number of nitrogens with zero attached hydrogens (tertiary/aromatic N) is 4. The van der Waals surface area contributed by atoms with Gasteiger partial charge in [-0.05, 0) is 112 Å². The van der Waals surface area contributed by atoms with Crippen molar-refractivity contribution in [2.24, 2.45) is 0 Å². The number of para-hydroxylation sites is 1. The summed E-state index contributed by atoms with van der Waals surface area (Å²) in [7, 11) is 0. The van der Waals surface area contributed by atoms with Gasteiger partial charge in [-0.25, -0.2) is 0 Å². The van der Waals surface area contributed by atoms with Gasteiger partial charge in [-0.2, -0.15) is 5.26 Å². The molecule has 4 rings (SSSR count). The minimum atomic E-state index is -0.732. The van der Waals surface area contributed by atoms with Gasteiger partial charge in [-0.3, -0.25) is 24.0 Å². The van der Waals surface area contributed by atoms with Crippen LogP contribution in [0.4, 0.5) is 28.4 Å². The molecule has 1 amide bonds. The van der Waals surface area contributed by atoms with E-state index in [1.165, 1.54) is 29.8 Å². The number of carboxylic acids is 4. The van der Waals surface area contributed by atoms with Crippen LogP contribution in [-0.2, 0) is 24.0 Å². The predicted octanol–water partition coefficient (Wildman–Crippen LogP) is 19.4. The molecule has 0 saturated heterocycles. The molecular weight excluding hydrogens is 1110 g/mol. The molecule has 14 nitrogen and oxygen atoms in total. The van der Waals surface area contributed by atoms with Crippen molar-refractivity contribution >= 4 is 76.1 Å². The van der Waals surface area contributed by atoms with E-state index in [0.29, 0.717) is 5.69 Å². The summed E-state index contributed by atoms with van der Waals surface area (Å²) in [4.78, 5) is 68.4. The van der Waals surface area contributed by atoms with Crippen LogP contribution in [0.2, 0.25) is 0 Å². The number of aliphatic carboxylic acids is 4. The van der Waals surface area contributed by atoms with Crippen LogP contribution in [0.5, 0.6) is 0 Å². The Balaban J connectivity index is 1.63. The standard InChI is InChI=1S/C72H109N5O9S/c1-2-3-4-39-54-77-63-40-33-34-41-66(63)87-67-56-59(46-48-64(67)77)55-60(58-73)72(86)74-61-47-49-62(75(50-35-25-17-9-5-13-21-29-42-68(78)79)51-36-26-18-10-6-14-22-30-43-69(80)81)65(57-61)76(52-37-27-19-11-7-15-23-31-44-70(82)83)53-38-28-20-12-8-16-24-32-45-71(84)85/h33-34,40-41,46-49,55-57H,2-32,35-39,42-45,50-54H2,1H3,(H,74,86)(H,78,79)(H,80,81)(H,82,83)(H,84,85)/b60-55+. The topological polar surface area (TPSA) is 212 Å². The van der Waals surface area contributed by atoms with Crippen molar-refractivity contribution in [2.75, 3.05) is 52.7 Å². The van der Waals surface area contributed by atoms with Gasteiger partial charge in [-0.15, -0.1) is 0 Å². The maximum Gasteiger partial charge on any atom is 0.303 e. The van der Waals surface area contributed by atoms with Gasteiger partial charge in [0, 0.05) is 73.9 Å². The second-order valence-electron chi connectivity index (χ2n) is 24.2. The summed E-state index contributed by atoms with van der Waals surface area (Å²) < 4.78 is 0. The number of benzene rings is 3. The Morgan fingerprint density at radius 1 is 0.460 bits per heavy atom. The first-order valence-corrected chi connectivity index (χ1v) is 34.8. The van der Waals surface area contributed by atoms with Crippen molar-refractivity contribution in [3.8, 4) is 6.07 Å². The van der Waals surface area contributed by atoms with Gasteiger partial charge in [0.15, 0.2) is 0 Å². The van der Waals surface area contributed by atoms with E-state index in [9.17, 15) is 29.2 Å². The zero-order valence-corrected chi connectivity index (χ0v) is 54.0. The molecule has 3 aromatic rings. The zero-order valence-electron chi connectivity index (χ0n) is 53.2. The van der Waals surface area contributed by atoms with Crippen LogP contribution >= 0.6 is 11.8 Å². The van der Waals surface area contributed by atoms with Gasteiger partial charge in [0.1, 0.15) is 11.6 Å². The number of carbonyl (C=O) groups excluding carboxylic acids is 1. The smallest absolute Gasteiger partial charge is 0.303 e. The van der Waals surface area contributed by atoms with Gasteiger partial charge in [0.25, 0.3) is 5.91 Å². The Labute approximate surface area is 527 Å². The van der Waals surface area contributed by atoms with Gasteiger partial charge in [-0.1, -0.05) is 210 Å². The lowest BCUT2D eigenvalue weighted by atomic mass is 10.0. The number of hydrogen-bond acceptors (Lipinski definition) is 10. The van der Waals surface area contributed by atoms with Crippen LogP contribution in [-0.4, -0.2) is 82.9 Å². The number of anilines is 5. The SMILES string of the molecule is CCCCCCN1c2ccccc2Sc2cc(/C=C(\C#N)C(=O)Nc3ccc(N(CCCCCCCCCCC(=O)O)CCCCCCCCCCC(=O)O)c(N(CCCCCCCCCCC(=O)O)CCCCCCCCCCC(=O)O)c3)ccc21. The maximum absolute atomic E-state index is 14.4. The van der Waals surface area contributed by atoms with E-state index in [0.717, 1.165) is 272 Å². The van der Waals surface area contributed by atoms with Crippen LogP contribution in [0.25, 0.3) is 6.08 Å². The lowest BCUT2D eigenvalue weighted by molar-refractivity contribution is -0.138. The lowest BCUT2D eigenvalue weighted by Crippen LogP contribution is -2.31. The molecule has 0 unspecified atom stereocenters. The van der Waals surface area contributed by atoms with Gasteiger partial charge < -0.3 is 40.4 Å². The van der Waals surface area contributed by atoms with Crippen LogP contribution in [0.1, 0.15) is 269 Å². The number of carbonyl (C=O) groups is 5. The summed E-state index contributed by atoms with van der Waals surface area (Å²) in [6.07, 6.45) is 39.9. The Kier molecular flexibility index (Phi) is 39.0. The van der Waals surface area contributed by atoms with Gasteiger partial charge in [0.05, 0.1) is 22.7 Å². The van der Waals surface area contributed by atoms with E-state index in [4.69, 9.17) is 20.4 Å². The minimum absolute atomic E-state index is 0.0287. The summed E-state index contributed by atoms with van der Waals surface area (Å²) in [5.74, 6) is -3.38. The Morgan fingerprint density at radius 2 is 0.851 bits per heavy atom. The third kappa shape index (κ3) is 32.2. The second kappa shape index (κ2) is 46.2. The van der Waals surface area contributed by atoms with Crippen LogP contribution in [0, 0.1) is 11.3 Å². The number of rotatable bonds is 54. The number of amides is 1. The molecule has 0 fully saturated rings. The molecule has 482 valence electrons. The molecule has 0 spiro atoms. The summed E-state index contributed by atoms with van der Waals surface area (Å²) in [5.41, 5.74) is 6.04. The Hall–Kier alpha value is -6.01. The van der Waals surface area contributed by atoms with Gasteiger partial charge >= 0.3 is 23.9 Å². The largest absolute Gasteiger partial charge is 0.481 e. The van der Waals surface area contributed by atoms with Crippen molar-refractivity contribution in [1.82, 2.24) is 0 Å². The molecule has 1 aliphatic heterocycles. The van der Waals surface area contributed by atoms with Crippen molar-refractivity contribution in [1.29, 1.82) is 5.26 Å². The number of unbranched alkanes of at least 4 members (excludes halogenated alkanes) is 31. The first-order valence-electron chi connectivity index (χ1n) is 34.0. The fourth-order valence-electron chi connectivity index (χ4n) is 11.8. The number of fused-ring (bicyclic) bond motifs is 2. The zero-order chi connectivity index (χ0) is 62.5. The van der Waals surface area contributed by atoms with Gasteiger partial charge in [0.2, 0.25) is 0 Å². The van der Waals surface area contributed by atoms with Crippen LogP contribution in [0.3, 0.4) is 0 Å². The number of hydrogen-bond donors (Lipinski definition) is 5. The second-order valence-corrected chi connectivity index (χ2v) is 25.3. The summed E-state index contributed by atoms with van der Waals surface area (Å²) in [5, 5.41) is 50.1. The Morgan fingerprint density at radius 3 is 1.28 bits per heavy atom. The molecule has 0 aromatic heterocycles. The van der Waals surface area contributed by atoms with Crippen molar-refractivity contribution in [3.05, 3.63) is 71.8 Å². The van der Waals surface area contributed by atoms with E-state index in [2.05, 4.69) is 81.5 Å². The molecule has 0 saturated carbocycles. The monoisotopic (exact) mass is 1220 g/mol. The van der Waals surface area contributed by atoms with Crippen molar-refractivity contribution < 1.29 is 44.4 Å². The Bertz CT molecular complexity index is 2460. The highest BCUT2D eigenvalue weighted by Crippen LogP contribution is 2.48. The average Bonchev–Trinajstić information content (AvgIpc) is 1.12. The predicted molar refractivity (Wildman–Crippen MR) is 358 cm³/mol. The minimum Gasteiger partial charge on any atom is -0.481 e. The highest BCUT2D eigenvalue weighted by molar-refractivity contribution is 7.99. The number of carboxylic acid groups (broad SMARTS) is 4. The van der Waals surface area contributed by atoms with E-state index in [1.54, 1.807) is 17.8 Å². The number of nitriles is 1. The normalized spacial score (nSPS) is 11.9. The summed E-state index contributed by atoms with van der Waals surface area (Å²) in [6, 6.07) is 23.3. The highest BCUT2D eigenvalue weighted by Gasteiger charge is 2.24. The van der Waals surface area contributed by atoms with E-state index >= 15 is 0 Å². The molecule has 87 heavy (non-hydrogen) atoms. The molecular formula is C72H109N5O9S. The fourth-order valence-corrected chi connectivity index (χ4v) is 12.9. The van der Waals surface area contributed by atoms with E-state index in [-0.39, 0.29) is 31.3 Å². The van der Waals surface area contributed by atoms with Crippen molar-refractivity contribution in [3.63, 3.8) is 0 Å². The molecule has 0 radical (unpaired) electrons. The summed E-state index contributed by atoms with van der Waals surface area (Å²) in [6.45, 7) is 6.61. The molecule has 0 bridgehead atoms. The third-order valence-corrected chi connectivity index (χ3v) is 17.9. The molecule has 0 atom stereocenters. The molecule has 1 heterocycles. The maximum atomic E-state index is 14.4. The van der Waals surface area contributed by atoms with Crippen LogP contribution < -0.4 is 20.0 Å². The molecule has 15 heteroatoms. The third-order valence-electron chi connectivity index (χ3n) is 16.8. The first kappa shape index (κ1) is 73.5.